The van der Waals surface area contributed by atoms with Gasteiger partial charge in [0.25, 0.3) is 0 Å². The molecular weight excluding hydrogens is 311 g/mol. The molecule has 1 aliphatic heterocycles. The third-order valence-electron chi connectivity index (χ3n) is 3.36. The van der Waals surface area contributed by atoms with Gasteiger partial charge in [-0.2, -0.15) is 0 Å². The third-order valence-corrected chi connectivity index (χ3v) is 5.01. The van der Waals surface area contributed by atoms with Crippen molar-refractivity contribution in [3.8, 4) is 0 Å². The molecule has 1 aromatic rings. The Kier molecular flexibility index (Phi) is 5.12. The minimum Gasteiger partial charge on any atom is -0.354 e. The molecule has 6 nitrogen and oxygen atoms in total. The van der Waals surface area contributed by atoms with Crippen LogP contribution in [0.5, 0.6) is 0 Å². The summed E-state index contributed by atoms with van der Waals surface area (Å²) in [5.74, 6) is -2.93. The van der Waals surface area contributed by atoms with E-state index in [-0.39, 0.29) is 5.91 Å². The van der Waals surface area contributed by atoms with Crippen LogP contribution in [0.1, 0.15) is 19.3 Å². The Morgan fingerprint density at radius 3 is 2.77 bits per heavy atom. The van der Waals surface area contributed by atoms with Crippen LogP contribution in [0.3, 0.4) is 0 Å². The average molecular weight is 328 g/mol. The first-order chi connectivity index (χ1) is 10.4. The number of sulfone groups is 1. The van der Waals surface area contributed by atoms with E-state index in [1.165, 1.54) is 12.1 Å². The van der Waals surface area contributed by atoms with Crippen molar-refractivity contribution in [2.24, 2.45) is 0 Å². The van der Waals surface area contributed by atoms with Gasteiger partial charge in [0.05, 0.1) is 0 Å². The molecule has 0 radical (unpaired) electrons. The lowest BCUT2D eigenvalue weighted by Gasteiger charge is -2.15. The Bertz CT molecular complexity index is 675. The second-order valence-electron chi connectivity index (χ2n) is 5.10. The van der Waals surface area contributed by atoms with Crippen molar-refractivity contribution in [3.63, 3.8) is 0 Å². The van der Waals surface area contributed by atoms with Gasteiger partial charge in [-0.1, -0.05) is 12.1 Å². The summed E-state index contributed by atoms with van der Waals surface area (Å²) in [5.41, 5.74) is 0. The highest BCUT2D eigenvalue weighted by molar-refractivity contribution is 7.92. The zero-order valence-corrected chi connectivity index (χ0v) is 12.7. The van der Waals surface area contributed by atoms with Crippen molar-refractivity contribution in [1.82, 2.24) is 10.6 Å². The number of hydrogen-bond acceptors (Lipinski definition) is 4. The monoisotopic (exact) mass is 328 g/mol. The van der Waals surface area contributed by atoms with Gasteiger partial charge in [-0.3, -0.25) is 9.59 Å². The van der Waals surface area contributed by atoms with E-state index in [4.69, 9.17) is 0 Å². The molecule has 2 amide bonds. The van der Waals surface area contributed by atoms with E-state index in [2.05, 4.69) is 10.6 Å². The Morgan fingerprint density at radius 2 is 2.05 bits per heavy atom. The van der Waals surface area contributed by atoms with Crippen molar-refractivity contribution in [1.29, 1.82) is 0 Å². The van der Waals surface area contributed by atoms with E-state index in [0.29, 0.717) is 13.0 Å². The summed E-state index contributed by atoms with van der Waals surface area (Å²) in [6.07, 6.45) is 2.02. The highest BCUT2D eigenvalue weighted by Gasteiger charge is 2.27. The lowest BCUT2D eigenvalue weighted by Crippen LogP contribution is -2.47. The number of rotatable bonds is 4. The minimum atomic E-state index is -4.09. The van der Waals surface area contributed by atoms with Crippen LogP contribution in [0.2, 0.25) is 0 Å². The van der Waals surface area contributed by atoms with Gasteiger partial charge < -0.3 is 10.6 Å². The van der Waals surface area contributed by atoms with Gasteiger partial charge in [-0.05, 0) is 31.4 Å². The zero-order valence-electron chi connectivity index (χ0n) is 11.8. The smallest absolute Gasteiger partial charge is 0.242 e. The molecule has 0 aromatic heterocycles. The first kappa shape index (κ1) is 16.4. The van der Waals surface area contributed by atoms with Gasteiger partial charge in [-0.15, -0.1) is 0 Å². The first-order valence-corrected chi connectivity index (χ1v) is 8.60. The van der Waals surface area contributed by atoms with Gasteiger partial charge in [0.1, 0.15) is 22.5 Å². The highest BCUT2D eigenvalue weighted by Crippen LogP contribution is 2.15. The van der Waals surface area contributed by atoms with E-state index < -0.39 is 38.3 Å². The van der Waals surface area contributed by atoms with Gasteiger partial charge in [0.15, 0.2) is 9.84 Å². The quantitative estimate of drug-likeness (QED) is 0.836. The zero-order chi connectivity index (χ0) is 16.2. The van der Waals surface area contributed by atoms with E-state index in [9.17, 15) is 22.4 Å². The van der Waals surface area contributed by atoms with Crippen LogP contribution in [-0.2, 0) is 19.4 Å². The van der Waals surface area contributed by atoms with E-state index in [1.807, 2.05) is 0 Å². The maximum absolute atomic E-state index is 13.5. The van der Waals surface area contributed by atoms with Gasteiger partial charge in [0, 0.05) is 6.54 Å². The van der Waals surface area contributed by atoms with Crippen LogP contribution in [0.4, 0.5) is 4.39 Å². The highest BCUT2D eigenvalue weighted by atomic mass is 32.2. The molecule has 2 rings (SSSR count). The molecule has 22 heavy (non-hydrogen) atoms. The van der Waals surface area contributed by atoms with Crippen LogP contribution in [0, 0.1) is 5.82 Å². The molecule has 1 fully saturated rings. The Hall–Kier alpha value is -1.96. The van der Waals surface area contributed by atoms with Crippen LogP contribution >= 0.6 is 0 Å². The molecule has 120 valence electrons. The predicted octanol–water partition coefficient (Wildman–Crippen LogP) is 0.384. The summed E-state index contributed by atoms with van der Waals surface area (Å²) < 4.78 is 37.6. The maximum atomic E-state index is 13.5. The molecule has 0 spiro atoms. The number of carbonyl (C=O) groups excluding carboxylic acids is 2. The molecule has 1 aliphatic rings. The number of nitrogens with one attached hydrogen (secondary N) is 2. The fourth-order valence-corrected chi connectivity index (χ4v) is 3.50. The standard InChI is InChI=1S/C14H17FN2O4S/c15-10-5-1-2-7-12(10)22(20,21)9-13(18)17-11-6-3-4-8-16-14(11)19/h1-2,5,7,11H,3-4,6,8-9H2,(H,16,19)(H,17,18)/t11-/m1/s1. The largest absolute Gasteiger partial charge is 0.354 e. The van der Waals surface area contributed by atoms with Crippen LogP contribution in [0.25, 0.3) is 0 Å². The topological polar surface area (TPSA) is 92.3 Å². The SMILES string of the molecule is O=C(CS(=O)(=O)c1ccccc1F)N[C@@H]1CCCCNC1=O. The summed E-state index contributed by atoms with van der Waals surface area (Å²) in [7, 11) is -4.09. The summed E-state index contributed by atoms with van der Waals surface area (Å²) >= 11 is 0. The summed E-state index contributed by atoms with van der Waals surface area (Å²) in [5, 5.41) is 5.04. The molecule has 0 bridgehead atoms. The molecule has 0 unspecified atom stereocenters. The molecule has 1 saturated heterocycles. The number of carbonyl (C=O) groups is 2. The van der Waals surface area contributed by atoms with Crippen LogP contribution in [-0.4, -0.2) is 38.6 Å². The molecule has 1 heterocycles. The molecule has 0 aliphatic carbocycles. The van der Waals surface area contributed by atoms with Crippen LogP contribution in [0.15, 0.2) is 29.2 Å². The van der Waals surface area contributed by atoms with Crippen molar-refractivity contribution in [3.05, 3.63) is 30.1 Å². The van der Waals surface area contributed by atoms with E-state index >= 15 is 0 Å². The normalized spacial score (nSPS) is 19.1. The van der Waals surface area contributed by atoms with Gasteiger partial charge in [-0.25, -0.2) is 12.8 Å². The first-order valence-electron chi connectivity index (χ1n) is 6.94. The van der Waals surface area contributed by atoms with Crippen molar-refractivity contribution in [2.45, 2.75) is 30.2 Å². The predicted molar refractivity (Wildman–Crippen MR) is 77.2 cm³/mol. The fourth-order valence-electron chi connectivity index (χ4n) is 2.26. The maximum Gasteiger partial charge on any atom is 0.242 e. The van der Waals surface area contributed by atoms with E-state index in [0.717, 1.165) is 25.0 Å². The number of amides is 2. The molecule has 2 N–H and O–H groups in total. The lowest BCUT2D eigenvalue weighted by molar-refractivity contribution is -0.127. The number of benzene rings is 1. The van der Waals surface area contributed by atoms with Gasteiger partial charge in [0.2, 0.25) is 11.8 Å². The summed E-state index contributed by atoms with van der Waals surface area (Å²) in [4.78, 5) is 23.1. The summed E-state index contributed by atoms with van der Waals surface area (Å²) in [6, 6.07) is 4.13. The Balaban J connectivity index is 2.05. The third kappa shape index (κ3) is 4.03. The van der Waals surface area contributed by atoms with E-state index in [1.54, 1.807) is 0 Å². The Labute approximate surface area is 128 Å². The van der Waals surface area contributed by atoms with Crippen molar-refractivity contribution >= 4 is 21.7 Å². The summed E-state index contributed by atoms with van der Waals surface area (Å²) in [6.45, 7) is 0.540. The number of hydrogen-bond donors (Lipinski definition) is 2. The molecular formula is C14H17FN2O4S. The molecule has 1 atom stereocenters. The molecule has 1 aromatic carbocycles. The van der Waals surface area contributed by atoms with Crippen molar-refractivity contribution < 1.29 is 22.4 Å². The van der Waals surface area contributed by atoms with Crippen LogP contribution < -0.4 is 10.6 Å². The Morgan fingerprint density at radius 1 is 1.32 bits per heavy atom. The van der Waals surface area contributed by atoms with Crippen molar-refractivity contribution in [2.75, 3.05) is 12.3 Å². The second kappa shape index (κ2) is 6.87. The lowest BCUT2D eigenvalue weighted by atomic mass is 10.1. The average Bonchev–Trinajstić information content (AvgIpc) is 2.64. The minimum absolute atomic E-state index is 0.325. The fraction of sp³-hybridized carbons (Fsp3) is 0.429. The second-order valence-corrected chi connectivity index (χ2v) is 7.05. The molecule has 8 heteroatoms. The molecule has 0 saturated carbocycles. The number of halogens is 1. The van der Waals surface area contributed by atoms with Gasteiger partial charge >= 0.3 is 0 Å².